The first kappa shape index (κ1) is 29.7. The van der Waals surface area contributed by atoms with Crippen LogP contribution in [0.4, 0.5) is 4.79 Å². The lowest BCUT2D eigenvalue weighted by atomic mass is 9.90. The van der Waals surface area contributed by atoms with Crippen molar-refractivity contribution in [3.63, 3.8) is 0 Å². The first-order valence-electron chi connectivity index (χ1n) is 14.1. The summed E-state index contributed by atoms with van der Waals surface area (Å²) < 4.78 is 17.9. The second-order valence-corrected chi connectivity index (χ2v) is 11.8. The third-order valence-electron chi connectivity index (χ3n) is 7.78. The number of piperidine rings is 1. The summed E-state index contributed by atoms with van der Waals surface area (Å²) in [6, 6.07) is 4.36. The fraction of sp³-hybridized carbons (Fsp3) is 0.531. The lowest BCUT2D eigenvalue weighted by Gasteiger charge is -2.40. The molecule has 8 heteroatoms. The van der Waals surface area contributed by atoms with Gasteiger partial charge in [-0.2, -0.15) is 0 Å². The van der Waals surface area contributed by atoms with Gasteiger partial charge in [0.05, 0.1) is 18.7 Å². The van der Waals surface area contributed by atoms with Crippen LogP contribution in [0.2, 0.25) is 0 Å². The van der Waals surface area contributed by atoms with E-state index in [0.29, 0.717) is 5.92 Å². The maximum Gasteiger partial charge on any atom is 0.418 e. The van der Waals surface area contributed by atoms with Gasteiger partial charge in [-0.15, -0.1) is 0 Å². The van der Waals surface area contributed by atoms with E-state index < -0.39 is 11.6 Å². The van der Waals surface area contributed by atoms with Gasteiger partial charge in [0, 0.05) is 44.0 Å². The number of benzene rings is 1. The molecule has 8 nitrogen and oxygen atoms in total. The summed E-state index contributed by atoms with van der Waals surface area (Å²) in [5.41, 5.74) is 5.09. The zero-order chi connectivity index (χ0) is 29.2. The normalized spacial score (nSPS) is 20.7. The molecular formula is C32H43N3O5. The molecule has 2 fully saturated rings. The zero-order valence-corrected chi connectivity index (χ0v) is 25.0. The highest BCUT2D eigenvalue weighted by molar-refractivity contribution is 5.95. The summed E-state index contributed by atoms with van der Waals surface area (Å²) in [4.78, 5) is 31.8. The highest BCUT2D eigenvalue weighted by Crippen LogP contribution is 2.45. The SMILES string of the molecule is C=C(/N=C\C(=C/C)C1CC(OC)CCN1Cc1c(C2CC2)cc(C)c2c1ccn2C(=O)OC(C)(C)C)C(=O)OC. The van der Waals surface area contributed by atoms with Gasteiger partial charge < -0.3 is 14.2 Å². The molecule has 1 aliphatic carbocycles. The minimum Gasteiger partial charge on any atom is -0.464 e. The number of aliphatic imine (C=N–C) groups is 1. The molecule has 0 N–H and O–H groups in total. The average molecular weight is 550 g/mol. The van der Waals surface area contributed by atoms with Gasteiger partial charge in [0.2, 0.25) is 0 Å². The molecule has 4 rings (SSSR count). The van der Waals surface area contributed by atoms with Crippen LogP contribution in [0.15, 0.2) is 47.2 Å². The van der Waals surface area contributed by atoms with Gasteiger partial charge >= 0.3 is 12.1 Å². The Morgan fingerprint density at radius 1 is 1.20 bits per heavy atom. The number of rotatable bonds is 8. The van der Waals surface area contributed by atoms with E-state index in [4.69, 9.17) is 14.2 Å². The number of nitrogens with zero attached hydrogens (tertiary/aromatic N) is 3. The molecule has 216 valence electrons. The van der Waals surface area contributed by atoms with Crippen LogP contribution >= 0.6 is 0 Å². The molecule has 1 aromatic carbocycles. The summed E-state index contributed by atoms with van der Waals surface area (Å²) in [7, 11) is 3.08. The van der Waals surface area contributed by atoms with Gasteiger partial charge in [-0.05, 0) is 94.5 Å². The first-order chi connectivity index (χ1) is 19.0. The number of carbonyl (C=O) groups excluding carboxylic acids is 2. The smallest absolute Gasteiger partial charge is 0.418 e. The van der Waals surface area contributed by atoms with Gasteiger partial charge in [0.25, 0.3) is 0 Å². The predicted molar refractivity (Wildman–Crippen MR) is 158 cm³/mol. The average Bonchev–Trinajstić information content (AvgIpc) is 3.66. The topological polar surface area (TPSA) is 82.4 Å². The quantitative estimate of drug-likeness (QED) is 0.219. The highest BCUT2D eigenvalue weighted by Gasteiger charge is 2.34. The summed E-state index contributed by atoms with van der Waals surface area (Å²) in [5.74, 6) is -0.00309. The zero-order valence-electron chi connectivity index (χ0n) is 25.0. The Balaban J connectivity index is 1.73. The van der Waals surface area contributed by atoms with Crippen LogP contribution in [0.5, 0.6) is 0 Å². The van der Waals surface area contributed by atoms with Crippen LogP contribution in [0.1, 0.15) is 76.0 Å². The van der Waals surface area contributed by atoms with Crippen molar-refractivity contribution < 1.29 is 23.8 Å². The molecule has 2 heterocycles. The third kappa shape index (κ3) is 6.56. The molecule has 1 saturated carbocycles. The van der Waals surface area contributed by atoms with Gasteiger partial charge in [0.1, 0.15) is 11.3 Å². The minimum atomic E-state index is -0.582. The fourth-order valence-corrected chi connectivity index (χ4v) is 5.63. The number of likely N-dealkylation sites (tertiary alicyclic amines) is 1. The van der Waals surface area contributed by atoms with E-state index in [2.05, 4.69) is 35.5 Å². The molecule has 0 spiro atoms. The van der Waals surface area contributed by atoms with Crippen LogP contribution in [0.3, 0.4) is 0 Å². The molecule has 2 aliphatic rings. The molecule has 2 unspecified atom stereocenters. The van der Waals surface area contributed by atoms with Gasteiger partial charge in [0.15, 0.2) is 0 Å². The van der Waals surface area contributed by atoms with Crippen molar-refractivity contribution in [2.24, 2.45) is 4.99 Å². The van der Waals surface area contributed by atoms with E-state index in [1.807, 2.05) is 40.0 Å². The van der Waals surface area contributed by atoms with Crippen LogP contribution in [-0.2, 0) is 25.5 Å². The Bertz CT molecular complexity index is 1340. The molecule has 0 radical (unpaired) electrons. The second-order valence-electron chi connectivity index (χ2n) is 11.8. The minimum absolute atomic E-state index is 0.0363. The number of allylic oxidation sites excluding steroid dienone is 1. The molecule has 1 aliphatic heterocycles. The Labute approximate surface area is 237 Å². The van der Waals surface area contributed by atoms with Crippen molar-refractivity contribution in [1.82, 2.24) is 9.47 Å². The van der Waals surface area contributed by atoms with E-state index in [1.54, 1.807) is 17.9 Å². The van der Waals surface area contributed by atoms with E-state index >= 15 is 0 Å². The van der Waals surface area contributed by atoms with Crippen LogP contribution in [0.25, 0.3) is 10.9 Å². The number of methoxy groups -OCH3 is 2. The number of ether oxygens (including phenoxy) is 3. The van der Waals surface area contributed by atoms with Crippen molar-refractivity contribution in [3.8, 4) is 0 Å². The molecule has 1 aromatic heterocycles. The van der Waals surface area contributed by atoms with E-state index in [1.165, 1.54) is 31.1 Å². The molecule has 2 aromatic rings. The van der Waals surface area contributed by atoms with Crippen LogP contribution in [-0.4, -0.2) is 66.3 Å². The van der Waals surface area contributed by atoms with Crippen LogP contribution < -0.4 is 0 Å². The predicted octanol–water partition coefficient (Wildman–Crippen LogP) is 6.29. The molecule has 40 heavy (non-hydrogen) atoms. The molecule has 0 bridgehead atoms. The highest BCUT2D eigenvalue weighted by atomic mass is 16.6. The van der Waals surface area contributed by atoms with E-state index in [-0.39, 0.29) is 23.9 Å². The molecule has 2 atom stereocenters. The second kappa shape index (κ2) is 12.1. The number of esters is 1. The molecular weight excluding hydrogens is 506 g/mol. The number of hydrogen-bond acceptors (Lipinski definition) is 7. The van der Waals surface area contributed by atoms with Crippen molar-refractivity contribution >= 4 is 29.2 Å². The number of aryl methyl sites for hydroxylation is 1. The Morgan fingerprint density at radius 3 is 2.52 bits per heavy atom. The standard InChI is InChI=1S/C32H43N3O5/c1-9-22(18-33-21(3)30(36)39-8)28-17-24(38-7)12-14-34(28)19-27-25-13-15-35(31(37)40-32(4,5)6)29(25)20(2)16-26(27)23-10-11-23/h9,13,15-16,18,23-24,28H,3,10-12,14,17,19H2,1-2,4-8H3/b22-9+,33-18-. The number of fused-ring (bicyclic) bond motifs is 1. The molecule has 1 saturated heterocycles. The summed E-state index contributed by atoms with van der Waals surface area (Å²) in [6.07, 6.45) is 9.45. The van der Waals surface area contributed by atoms with Gasteiger partial charge in [-0.3, -0.25) is 9.47 Å². The molecule has 0 amide bonds. The van der Waals surface area contributed by atoms with Gasteiger partial charge in [-0.25, -0.2) is 14.6 Å². The lowest BCUT2D eigenvalue weighted by Crippen LogP contribution is -2.45. The fourth-order valence-electron chi connectivity index (χ4n) is 5.63. The van der Waals surface area contributed by atoms with Crippen molar-refractivity contribution in [2.75, 3.05) is 20.8 Å². The summed E-state index contributed by atoms with van der Waals surface area (Å²) in [5, 5.41) is 1.09. The summed E-state index contributed by atoms with van der Waals surface area (Å²) in [6.45, 7) is 15.0. The van der Waals surface area contributed by atoms with Crippen molar-refractivity contribution in [2.45, 2.75) is 90.5 Å². The van der Waals surface area contributed by atoms with E-state index in [9.17, 15) is 9.59 Å². The lowest BCUT2D eigenvalue weighted by molar-refractivity contribution is -0.136. The largest absolute Gasteiger partial charge is 0.464 e. The maximum atomic E-state index is 13.1. The van der Waals surface area contributed by atoms with Crippen LogP contribution in [0, 0.1) is 6.92 Å². The maximum absolute atomic E-state index is 13.1. The number of carbonyl (C=O) groups is 2. The number of hydrogen-bond donors (Lipinski definition) is 0. The van der Waals surface area contributed by atoms with Crippen molar-refractivity contribution in [1.29, 1.82) is 0 Å². The Hall–Kier alpha value is -3.23. The summed E-state index contributed by atoms with van der Waals surface area (Å²) >= 11 is 0. The third-order valence-corrected chi connectivity index (χ3v) is 7.78. The van der Waals surface area contributed by atoms with E-state index in [0.717, 1.165) is 48.0 Å². The van der Waals surface area contributed by atoms with Gasteiger partial charge in [-0.1, -0.05) is 18.7 Å². The van der Waals surface area contributed by atoms with Crippen molar-refractivity contribution in [3.05, 3.63) is 58.9 Å². The Kier molecular flexibility index (Phi) is 9.00. The number of aromatic nitrogens is 1. The monoisotopic (exact) mass is 549 g/mol. The first-order valence-corrected chi connectivity index (χ1v) is 14.1. The Morgan fingerprint density at radius 2 is 1.93 bits per heavy atom.